The molecule has 1 aliphatic rings. The van der Waals surface area contributed by atoms with Crippen LogP contribution in [0.15, 0.2) is 42.5 Å². The molecule has 1 amide bonds. The molecule has 6 heteroatoms. The van der Waals surface area contributed by atoms with Crippen LogP contribution in [-0.2, 0) is 4.74 Å². The van der Waals surface area contributed by atoms with Crippen LogP contribution in [0.1, 0.15) is 22.0 Å². The lowest BCUT2D eigenvalue weighted by Crippen LogP contribution is -2.42. The zero-order valence-electron chi connectivity index (χ0n) is 12.1. The minimum Gasteiger partial charge on any atom is -0.370 e. The molecule has 1 aliphatic heterocycles. The Morgan fingerprint density at radius 3 is 2.61 bits per heavy atom. The van der Waals surface area contributed by atoms with Crippen molar-refractivity contribution >= 4 is 17.5 Å². The van der Waals surface area contributed by atoms with E-state index >= 15 is 0 Å². The Balaban J connectivity index is 1.81. The molecule has 1 unspecified atom stereocenters. The summed E-state index contributed by atoms with van der Waals surface area (Å²) in [5, 5.41) is 0.0832. The molecule has 0 bridgehead atoms. The molecule has 0 aromatic heterocycles. The lowest BCUT2D eigenvalue weighted by Gasteiger charge is -2.33. The van der Waals surface area contributed by atoms with Crippen LogP contribution in [0.2, 0.25) is 5.02 Å². The molecule has 23 heavy (non-hydrogen) atoms. The summed E-state index contributed by atoms with van der Waals surface area (Å²) in [5.41, 5.74) is 0.637. The lowest BCUT2D eigenvalue weighted by atomic mass is 10.1. The highest BCUT2D eigenvalue weighted by atomic mass is 35.5. The fourth-order valence-corrected chi connectivity index (χ4v) is 2.82. The van der Waals surface area contributed by atoms with Crippen LogP contribution >= 0.6 is 11.6 Å². The first-order valence-electron chi connectivity index (χ1n) is 7.16. The molecule has 0 radical (unpaired) electrons. The van der Waals surface area contributed by atoms with Gasteiger partial charge in [-0.15, -0.1) is 0 Å². The number of morpholine rings is 1. The van der Waals surface area contributed by atoms with Crippen LogP contribution in [0, 0.1) is 11.6 Å². The van der Waals surface area contributed by atoms with Gasteiger partial charge in [0.15, 0.2) is 0 Å². The van der Waals surface area contributed by atoms with Crippen molar-refractivity contribution in [1.82, 2.24) is 4.90 Å². The topological polar surface area (TPSA) is 29.5 Å². The third-order valence-corrected chi connectivity index (χ3v) is 4.09. The summed E-state index contributed by atoms with van der Waals surface area (Å²) in [4.78, 5) is 14.1. The zero-order valence-corrected chi connectivity index (χ0v) is 12.9. The molecule has 1 fully saturated rings. The van der Waals surface area contributed by atoms with E-state index in [1.54, 1.807) is 12.1 Å². The van der Waals surface area contributed by atoms with Crippen molar-refractivity contribution in [2.24, 2.45) is 0 Å². The molecule has 2 aromatic carbocycles. The van der Waals surface area contributed by atoms with Crippen LogP contribution in [-0.4, -0.2) is 30.5 Å². The van der Waals surface area contributed by atoms with Gasteiger partial charge in [0, 0.05) is 6.54 Å². The fraction of sp³-hybridized carbons (Fsp3) is 0.235. The monoisotopic (exact) mass is 337 g/mol. The molecular weight excluding hydrogens is 324 g/mol. The van der Waals surface area contributed by atoms with Crippen molar-refractivity contribution in [3.05, 3.63) is 70.2 Å². The zero-order chi connectivity index (χ0) is 16.4. The maximum Gasteiger partial charge on any atom is 0.258 e. The van der Waals surface area contributed by atoms with E-state index in [2.05, 4.69) is 0 Å². The molecular formula is C17H14ClF2NO2. The lowest BCUT2D eigenvalue weighted by molar-refractivity contribution is -0.0229. The van der Waals surface area contributed by atoms with E-state index in [4.69, 9.17) is 16.3 Å². The molecule has 2 aromatic rings. The van der Waals surface area contributed by atoms with Gasteiger partial charge >= 0.3 is 0 Å². The molecule has 1 atom stereocenters. The van der Waals surface area contributed by atoms with Gasteiger partial charge in [0.2, 0.25) is 0 Å². The first kappa shape index (κ1) is 15.9. The van der Waals surface area contributed by atoms with Crippen LogP contribution in [0.5, 0.6) is 0 Å². The van der Waals surface area contributed by atoms with Crippen LogP contribution in [0.3, 0.4) is 0 Å². The van der Waals surface area contributed by atoms with Gasteiger partial charge in [0.1, 0.15) is 17.7 Å². The second-order valence-corrected chi connectivity index (χ2v) is 5.67. The summed E-state index contributed by atoms with van der Waals surface area (Å²) in [6.45, 7) is 0.927. The average Bonchev–Trinajstić information content (AvgIpc) is 2.55. The van der Waals surface area contributed by atoms with Crippen LogP contribution in [0.4, 0.5) is 8.78 Å². The molecule has 0 N–H and O–H groups in total. The Bertz CT molecular complexity index is 701. The number of halogens is 3. The Labute approximate surface area is 137 Å². The standard InChI is InChI=1S/C17H14ClF2NO2/c18-13-2-1-3-14(20)16(13)17(22)21-8-9-23-15(10-21)11-4-6-12(19)7-5-11/h1-7,15H,8-10H2. The minimum absolute atomic E-state index is 0.0832. The summed E-state index contributed by atoms with van der Waals surface area (Å²) in [5.74, 6) is -1.45. The van der Waals surface area contributed by atoms with Gasteiger partial charge in [-0.05, 0) is 29.8 Å². The van der Waals surface area contributed by atoms with Gasteiger partial charge < -0.3 is 9.64 Å². The number of hydrogen-bond donors (Lipinski definition) is 0. The highest BCUT2D eigenvalue weighted by Gasteiger charge is 2.28. The van der Waals surface area contributed by atoms with Crippen molar-refractivity contribution in [1.29, 1.82) is 0 Å². The summed E-state index contributed by atoms with van der Waals surface area (Å²) in [6.07, 6.45) is -0.376. The Hall–Kier alpha value is -1.98. The highest BCUT2D eigenvalue weighted by Crippen LogP contribution is 2.26. The van der Waals surface area contributed by atoms with Crippen molar-refractivity contribution in [3.8, 4) is 0 Å². The Morgan fingerprint density at radius 2 is 1.91 bits per heavy atom. The van der Waals surface area contributed by atoms with Crippen LogP contribution in [0.25, 0.3) is 0 Å². The molecule has 0 aliphatic carbocycles. The van der Waals surface area contributed by atoms with Gasteiger partial charge in [0.25, 0.3) is 5.91 Å². The second kappa shape index (κ2) is 6.64. The smallest absolute Gasteiger partial charge is 0.258 e. The minimum atomic E-state index is -0.646. The van der Waals surface area contributed by atoms with E-state index in [1.165, 1.54) is 35.2 Å². The fourth-order valence-electron chi connectivity index (χ4n) is 2.57. The number of amides is 1. The first-order valence-corrected chi connectivity index (χ1v) is 7.54. The number of nitrogens with zero attached hydrogens (tertiary/aromatic N) is 1. The number of carbonyl (C=O) groups is 1. The van der Waals surface area contributed by atoms with E-state index in [-0.39, 0.29) is 29.1 Å². The third kappa shape index (κ3) is 3.35. The number of rotatable bonds is 2. The van der Waals surface area contributed by atoms with Crippen molar-refractivity contribution in [2.75, 3.05) is 19.7 Å². The maximum atomic E-state index is 13.9. The molecule has 0 spiro atoms. The van der Waals surface area contributed by atoms with E-state index < -0.39 is 11.7 Å². The van der Waals surface area contributed by atoms with Crippen molar-refractivity contribution in [3.63, 3.8) is 0 Å². The maximum absolute atomic E-state index is 13.9. The summed E-state index contributed by atoms with van der Waals surface area (Å²) >= 11 is 5.95. The van der Waals surface area contributed by atoms with Crippen LogP contribution < -0.4 is 0 Å². The van der Waals surface area contributed by atoms with E-state index in [0.717, 1.165) is 5.56 Å². The molecule has 1 heterocycles. The molecule has 3 rings (SSSR count). The second-order valence-electron chi connectivity index (χ2n) is 5.26. The number of benzene rings is 2. The third-order valence-electron chi connectivity index (χ3n) is 3.77. The summed E-state index contributed by atoms with van der Waals surface area (Å²) in [6, 6.07) is 10.1. The predicted molar refractivity (Wildman–Crippen MR) is 82.4 cm³/mol. The summed E-state index contributed by atoms with van der Waals surface area (Å²) < 4.78 is 32.6. The summed E-state index contributed by atoms with van der Waals surface area (Å²) in [7, 11) is 0. The SMILES string of the molecule is O=C(c1c(F)cccc1Cl)N1CCOC(c2ccc(F)cc2)C1. The number of ether oxygens (including phenoxy) is 1. The molecule has 3 nitrogen and oxygen atoms in total. The predicted octanol–water partition coefficient (Wildman–Crippen LogP) is 3.83. The highest BCUT2D eigenvalue weighted by molar-refractivity contribution is 6.33. The Morgan fingerprint density at radius 1 is 1.17 bits per heavy atom. The molecule has 0 saturated carbocycles. The van der Waals surface area contributed by atoms with Crippen molar-refractivity contribution < 1.29 is 18.3 Å². The molecule has 120 valence electrons. The first-order chi connectivity index (χ1) is 11.1. The Kier molecular flexibility index (Phi) is 4.59. The molecule has 1 saturated heterocycles. The average molecular weight is 338 g/mol. The van der Waals surface area contributed by atoms with Gasteiger partial charge in [-0.1, -0.05) is 29.8 Å². The van der Waals surface area contributed by atoms with E-state index in [1.807, 2.05) is 0 Å². The van der Waals surface area contributed by atoms with Gasteiger partial charge in [-0.2, -0.15) is 0 Å². The number of carbonyl (C=O) groups excluding carboxylic acids is 1. The van der Waals surface area contributed by atoms with Crippen molar-refractivity contribution in [2.45, 2.75) is 6.10 Å². The van der Waals surface area contributed by atoms with E-state index in [9.17, 15) is 13.6 Å². The quantitative estimate of drug-likeness (QED) is 0.833. The van der Waals surface area contributed by atoms with Gasteiger partial charge in [0.05, 0.1) is 23.7 Å². The normalized spacial score (nSPS) is 18.0. The van der Waals surface area contributed by atoms with Gasteiger partial charge in [-0.3, -0.25) is 4.79 Å². The van der Waals surface area contributed by atoms with Gasteiger partial charge in [-0.25, -0.2) is 8.78 Å². The van der Waals surface area contributed by atoms with E-state index in [0.29, 0.717) is 13.2 Å². The number of hydrogen-bond acceptors (Lipinski definition) is 2. The largest absolute Gasteiger partial charge is 0.370 e.